The van der Waals surface area contributed by atoms with Gasteiger partial charge in [0.25, 0.3) is 5.91 Å². The largest absolute Gasteiger partial charge is 0.332 e. The Hall–Kier alpha value is -3.68. The van der Waals surface area contributed by atoms with E-state index in [1.54, 1.807) is 48.5 Å². The van der Waals surface area contributed by atoms with E-state index < -0.39 is 36.0 Å². The predicted molar refractivity (Wildman–Crippen MR) is 131 cm³/mol. The van der Waals surface area contributed by atoms with Gasteiger partial charge < -0.3 is 10.6 Å². The second-order valence-electron chi connectivity index (χ2n) is 11.0. The van der Waals surface area contributed by atoms with E-state index in [4.69, 9.17) is 0 Å². The molecule has 0 radical (unpaired) electrons. The first-order valence-electron chi connectivity index (χ1n) is 12.7. The fourth-order valence-electron chi connectivity index (χ4n) is 7.50. The Kier molecular flexibility index (Phi) is 5.35. The molecule has 0 unspecified atom stereocenters. The van der Waals surface area contributed by atoms with Crippen LogP contribution >= 0.6 is 0 Å². The summed E-state index contributed by atoms with van der Waals surface area (Å²) in [7, 11) is 0. The molecule has 1 heterocycles. The first kappa shape index (κ1) is 22.8. The number of rotatable bonds is 5. The number of benzene rings is 2. The summed E-state index contributed by atoms with van der Waals surface area (Å²) in [6.07, 6.45) is 6.63. The number of carbonyl (C=O) groups is 4. The van der Waals surface area contributed by atoms with Gasteiger partial charge in [0.05, 0.1) is 0 Å². The molecule has 0 spiro atoms. The maximum absolute atomic E-state index is 13.7. The number of hydrogen-bond donors (Lipinski definition) is 3. The summed E-state index contributed by atoms with van der Waals surface area (Å²) in [6, 6.07) is 16.7. The van der Waals surface area contributed by atoms with E-state index in [2.05, 4.69) is 16.0 Å². The van der Waals surface area contributed by atoms with Gasteiger partial charge in [0, 0.05) is 5.54 Å². The fourth-order valence-corrected chi connectivity index (χ4v) is 7.50. The second-order valence-corrected chi connectivity index (χ2v) is 11.0. The average Bonchev–Trinajstić information content (AvgIpc) is 3.09. The highest BCUT2D eigenvalue weighted by molar-refractivity contribution is 6.12. The summed E-state index contributed by atoms with van der Waals surface area (Å²) >= 11 is 0. The van der Waals surface area contributed by atoms with Gasteiger partial charge in [0.15, 0.2) is 5.54 Å². The smallest absolute Gasteiger partial charge is 0.326 e. The van der Waals surface area contributed by atoms with Crippen molar-refractivity contribution in [2.45, 2.75) is 49.6 Å². The summed E-state index contributed by atoms with van der Waals surface area (Å²) < 4.78 is 0. The monoisotopic (exact) mass is 486 g/mol. The first-order chi connectivity index (χ1) is 17.4. The topological polar surface area (TPSA) is 108 Å². The van der Waals surface area contributed by atoms with E-state index in [0.29, 0.717) is 28.9 Å². The lowest BCUT2D eigenvalue weighted by Gasteiger charge is -2.56. The number of amides is 6. The van der Waals surface area contributed by atoms with Crippen LogP contribution in [0, 0.1) is 17.8 Å². The van der Waals surface area contributed by atoms with Crippen molar-refractivity contribution in [3.8, 4) is 0 Å². The molecule has 6 amide bonds. The maximum atomic E-state index is 13.7. The molecule has 8 heteroatoms. The molecule has 7 rings (SSSR count). The highest BCUT2D eigenvalue weighted by Gasteiger charge is 2.54. The Labute approximate surface area is 209 Å². The Bertz CT molecular complexity index is 1140. The molecule has 5 fully saturated rings. The number of hydrogen-bond acceptors (Lipinski definition) is 4. The minimum Gasteiger partial charge on any atom is -0.332 e. The SMILES string of the molecule is O=C(CN1C(=O)NC(c2ccccc2)(c2ccccc2)C1=O)NC(=O)NC12CC3CC(CC(C3)C1)C2. The minimum atomic E-state index is -1.44. The Morgan fingerprint density at radius 2 is 1.33 bits per heavy atom. The third kappa shape index (κ3) is 3.75. The molecule has 1 aliphatic heterocycles. The van der Waals surface area contributed by atoms with Crippen molar-refractivity contribution in [1.29, 1.82) is 0 Å². The molecular weight excluding hydrogens is 456 g/mol. The summed E-state index contributed by atoms with van der Waals surface area (Å²) in [4.78, 5) is 53.2. The van der Waals surface area contributed by atoms with Gasteiger partial charge in [-0.1, -0.05) is 60.7 Å². The number of carbonyl (C=O) groups excluding carboxylic acids is 4. The minimum absolute atomic E-state index is 0.240. The standard InChI is InChI=1S/C28H30N4O4/c33-23(29-25(35)30-27-14-18-11-19(15-27)13-20(12-18)16-27)17-32-24(34)28(31-26(32)36,21-7-3-1-4-8-21)22-9-5-2-6-10-22/h1-10,18-20H,11-17H2,(H,31,36)(H2,29,30,33,35). The van der Waals surface area contributed by atoms with Crippen molar-refractivity contribution >= 4 is 23.9 Å². The van der Waals surface area contributed by atoms with E-state index >= 15 is 0 Å². The molecule has 8 nitrogen and oxygen atoms in total. The molecule has 4 aliphatic carbocycles. The van der Waals surface area contributed by atoms with Crippen LogP contribution in [0.5, 0.6) is 0 Å². The molecule has 36 heavy (non-hydrogen) atoms. The lowest BCUT2D eigenvalue weighted by Crippen LogP contribution is -2.62. The lowest BCUT2D eigenvalue weighted by molar-refractivity contribution is -0.134. The van der Waals surface area contributed by atoms with Crippen LogP contribution in [0.3, 0.4) is 0 Å². The fraction of sp³-hybridized carbons (Fsp3) is 0.429. The average molecular weight is 487 g/mol. The van der Waals surface area contributed by atoms with Gasteiger partial charge in [-0.05, 0) is 67.4 Å². The van der Waals surface area contributed by atoms with Crippen LogP contribution < -0.4 is 16.0 Å². The Balaban J connectivity index is 1.17. The van der Waals surface area contributed by atoms with Crippen LogP contribution in [0.4, 0.5) is 9.59 Å². The van der Waals surface area contributed by atoms with Crippen molar-refractivity contribution in [3.63, 3.8) is 0 Å². The first-order valence-corrected chi connectivity index (χ1v) is 12.7. The predicted octanol–water partition coefficient (Wildman–Crippen LogP) is 3.28. The normalized spacial score (nSPS) is 29.7. The molecule has 4 bridgehead atoms. The van der Waals surface area contributed by atoms with E-state index in [-0.39, 0.29) is 5.54 Å². The zero-order valence-electron chi connectivity index (χ0n) is 20.0. The number of urea groups is 2. The number of nitrogens with zero attached hydrogens (tertiary/aromatic N) is 1. The molecule has 3 N–H and O–H groups in total. The van der Waals surface area contributed by atoms with Crippen LogP contribution in [0.2, 0.25) is 0 Å². The van der Waals surface area contributed by atoms with Gasteiger partial charge in [-0.2, -0.15) is 0 Å². The molecule has 1 saturated heterocycles. The third-order valence-electron chi connectivity index (χ3n) is 8.49. The van der Waals surface area contributed by atoms with Crippen LogP contribution in [0.1, 0.15) is 49.7 Å². The number of imide groups is 2. The molecule has 0 atom stereocenters. The van der Waals surface area contributed by atoms with Crippen molar-refractivity contribution in [2.75, 3.05) is 6.54 Å². The summed E-state index contributed by atoms with van der Waals surface area (Å²) in [5.74, 6) is 0.714. The van der Waals surface area contributed by atoms with E-state index in [9.17, 15) is 19.2 Å². The van der Waals surface area contributed by atoms with Gasteiger partial charge >= 0.3 is 12.1 Å². The number of nitrogens with one attached hydrogen (secondary N) is 3. The van der Waals surface area contributed by atoms with Crippen molar-refractivity contribution in [3.05, 3.63) is 71.8 Å². The van der Waals surface area contributed by atoms with Gasteiger partial charge in [0.2, 0.25) is 5.91 Å². The molecular formula is C28H30N4O4. The molecule has 0 aromatic heterocycles. The van der Waals surface area contributed by atoms with E-state index in [0.717, 1.165) is 24.2 Å². The zero-order chi connectivity index (χ0) is 24.9. The van der Waals surface area contributed by atoms with Gasteiger partial charge in [-0.25, -0.2) is 9.59 Å². The van der Waals surface area contributed by atoms with Crippen LogP contribution in [-0.4, -0.2) is 40.9 Å². The Morgan fingerprint density at radius 1 is 0.833 bits per heavy atom. The molecule has 2 aromatic rings. The zero-order valence-corrected chi connectivity index (χ0v) is 20.0. The Morgan fingerprint density at radius 3 is 1.83 bits per heavy atom. The van der Waals surface area contributed by atoms with Crippen molar-refractivity contribution < 1.29 is 19.2 Å². The summed E-state index contributed by atoms with van der Waals surface area (Å²) in [6.45, 7) is -0.541. The molecule has 4 saturated carbocycles. The third-order valence-corrected chi connectivity index (χ3v) is 8.49. The van der Waals surface area contributed by atoms with Crippen molar-refractivity contribution in [2.24, 2.45) is 17.8 Å². The second kappa shape index (κ2) is 8.47. The summed E-state index contributed by atoms with van der Waals surface area (Å²) in [5, 5.41) is 8.28. The van der Waals surface area contributed by atoms with Gasteiger partial charge in [0.1, 0.15) is 6.54 Å². The highest BCUT2D eigenvalue weighted by atomic mass is 16.2. The van der Waals surface area contributed by atoms with Crippen LogP contribution in [0.25, 0.3) is 0 Å². The van der Waals surface area contributed by atoms with Crippen LogP contribution in [0.15, 0.2) is 60.7 Å². The molecule has 186 valence electrons. The van der Waals surface area contributed by atoms with E-state index in [1.807, 2.05) is 12.1 Å². The maximum Gasteiger partial charge on any atom is 0.326 e. The molecule has 2 aromatic carbocycles. The quantitative estimate of drug-likeness (QED) is 0.564. The summed E-state index contributed by atoms with van der Waals surface area (Å²) in [5.41, 5.74) is -0.495. The van der Waals surface area contributed by atoms with E-state index in [1.165, 1.54) is 19.3 Å². The van der Waals surface area contributed by atoms with Gasteiger partial charge in [-0.3, -0.25) is 19.8 Å². The van der Waals surface area contributed by atoms with Gasteiger partial charge in [-0.15, -0.1) is 0 Å². The van der Waals surface area contributed by atoms with Crippen LogP contribution in [-0.2, 0) is 15.1 Å². The lowest BCUT2D eigenvalue weighted by atomic mass is 9.53. The highest BCUT2D eigenvalue weighted by Crippen LogP contribution is 2.55. The van der Waals surface area contributed by atoms with Crippen molar-refractivity contribution in [1.82, 2.24) is 20.9 Å². The molecule has 5 aliphatic rings.